The number of hydrogen-bond donors (Lipinski definition) is 1. The fourth-order valence-corrected chi connectivity index (χ4v) is 2.21. The first-order chi connectivity index (χ1) is 12.1. The zero-order valence-electron chi connectivity index (χ0n) is 13.6. The van der Waals surface area contributed by atoms with Crippen molar-refractivity contribution in [3.8, 4) is 5.82 Å². The molecule has 0 bridgehead atoms. The van der Waals surface area contributed by atoms with Crippen molar-refractivity contribution >= 4 is 17.6 Å². The SMILES string of the molecule is COC(=O)c1ccc(C)cc1NC(=O)c1ccc(-n2ccnc2)nn1. The normalized spacial score (nSPS) is 10.3. The highest BCUT2D eigenvalue weighted by atomic mass is 16.5. The Hall–Kier alpha value is -3.55. The number of aromatic nitrogens is 4. The van der Waals surface area contributed by atoms with Gasteiger partial charge in [0.2, 0.25) is 0 Å². The molecule has 0 saturated carbocycles. The lowest BCUT2D eigenvalue weighted by Crippen LogP contribution is -2.17. The predicted octanol–water partition coefficient (Wildman–Crippen LogP) is 2.01. The number of methoxy groups -OCH3 is 1. The van der Waals surface area contributed by atoms with Crippen LogP contribution in [0, 0.1) is 6.92 Å². The minimum atomic E-state index is -0.531. The molecule has 0 atom stereocenters. The van der Waals surface area contributed by atoms with E-state index >= 15 is 0 Å². The van der Waals surface area contributed by atoms with Gasteiger partial charge in [-0.1, -0.05) is 6.07 Å². The van der Waals surface area contributed by atoms with Crippen LogP contribution in [0.4, 0.5) is 5.69 Å². The van der Waals surface area contributed by atoms with Crippen LogP contribution in [0.2, 0.25) is 0 Å². The maximum absolute atomic E-state index is 12.4. The lowest BCUT2D eigenvalue weighted by atomic mass is 10.1. The minimum Gasteiger partial charge on any atom is -0.465 e. The molecule has 0 aliphatic heterocycles. The third-order valence-corrected chi connectivity index (χ3v) is 3.48. The largest absolute Gasteiger partial charge is 0.465 e. The van der Waals surface area contributed by atoms with Crippen molar-refractivity contribution in [3.63, 3.8) is 0 Å². The molecule has 0 saturated heterocycles. The number of rotatable bonds is 4. The Balaban J connectivity index is 1.83. The average molecular weight is 337 g/mol. The van der Waals surface area contributed by atoms with Gasteiger partial charge >= 0.3 is 5.97 Å². The summed E-state index contributed by atoms with van der Waals surface area (Å²) in [5.74, 6) is -0.461. The molecule has 25 heavy (non-hydrogen) atoms. The first-order valence-electron chi connectivity index (χ1n) is 7.41. The zero-order valence-corrected chi connectivity index (χ0v) is 13.6. The molecule has 0 radical (unpaired) electrons. The van der Waals surface area contributed by atoms with Gasteiger partial charge in [0.25, 0.3) is 5.91 Å². The Morgan fingerprint density at radius 1 is 1.16 bits per heavy atom. The van der Waals surface area contributed by atoms with Crippen LogP contribution in [-0.4, -0.2) is 38.7 Å². The molecular weight excluding hydrogens is 322 g/mol. The number of benzene rings is 1. The maximum Gasteiger partial charge on any atom is 0.339 e. The van der Waals surface area contributed by atoms with Gasteiger partial charge in [-0.2, -0.15) is 0 Å². The monoisotopic (exact) mass is 337 g/mol. The molecule has 3 rings (SSSR count). The highest BCUT2D eigenvalue weighted by Crippen LogP contribution is 2.19. The summed E-state index contributed by atoms with van der Waals surface area (Å²) >= 11 is 0. The third-order valence-electron chi connectivity index (χ3n) is 3.48. The third kappa shape index (κ3) is 3.52. The molecule has 8 nitrogen and oxygen atoms in total. The van der Waals surface area contributed by atoms with Gasteiger partial charge in [-0.15, -0.1) is 10.2 Å². The predicted molar refractivity (Wildman–Crippen MR) is 89.6 cm³/mol. The van der Waals surface area contributed by atoms with E-state index in [0.717, 1.165) is 5.56 Å². The summed E-state index contributed by atoms with van der Waals surface area (Å²) in [6.45, 7) is 1.86. The second-order valence-corrected chi connectivity index (χ2v) is 5.24. The fraction of sp³-hybridized carbons (Fsp3) is 0.118. The Labute approximate surface area is 143 Å². The lowest BCUT2D eigenvalue weighted by Gasteiger charge is -2.10. The number of hydrogen-bond acceptors (Lipinski definition) is 6. The highest BCUT2D eigenvalue weighted by molar-refractivity contribution is 6.07. The Kier molecular flexibility index (Phi) is 4.51. The van der Waals surface area contributed by atoms with Crippen LogP contribution < -0.4 is 5.32 Å². The number of nitrogens with zero attached hydrogens (tertiary/aromatic N) is 4. The summed E-state index contributed by atoms with van der Waals surface area (Å²) in [5, 5.41) is 10.6. The second kappa shape index (κ2) is 6.91. The lowest BCUT2D eigenvalue weighted by molar-refractivity contribution is 0.0602. The van der Waals surface area contributed by atoms with E-state index in [1.54, 1.807) is 53.6 Å². The summed E-state index contributed by atoms with van der Waals surface area (Å²) in [6.07, 6.45) is 4.92. The van der Waals surface area contributed by atoms with E-state index in [0.29, 0.717) is 11.5 Å². The van der Waals surface area contributed by atoms with E-state index in [1.807, 2.05) is 6.92 Å². The van der Waals surface area contributed by atoms with Crippen LogP contribution in [0.1, 0.15) is 26.4 Å². The molecule has 3 aromatic rings. The number of imidazole rings is 1. The Morgan fingerprint density at radius 3 is 2.64 bits per heavy atom. The first-order valence-corrected chi connectivity index (χ1v) is 7.41. The van der Waals surface area contributed by atoms with Crippen LogP contribution >= 0.6 is 0 Å². The number of esters is 1. The first kappa shape index (κ1) is 16.3. The van der Waals surface area contributed by atoms with Gasteiger partial charge in [0.15, 0.2) is 11.5 Å². The van der Waals surface area contributed by atoms with Crippen molar-refractivity contribution in [1.82, 2.24) is 19.7 Å². The molecule has 126 valence electrons. The Bertz CT molecular complexity index is 905. The van der Waals surface area contributed by atoms with Gasteiger partial charge in [-0.05, 0) is 36.8 Å². The molecule has 2 aromatic heterocycles. The van der Waals surface area contributed by atoms with E-state index in [-0.39, 0.29) is 11.3 Å². The number of amides is 1. The van der Waals surface area contributed by atoms with Crippen LogP contribution in [-0.2, 0) is 4.74 Å². The Morgan fingerprint density at radius 2 is 2.00 bits per heavy atom. The number of anilines is 1. The summed E-state index contributed by atoms with van der Waals surface area (Å²) in [4.78, 5) is 28.2. The van der Waals surface area contributed by atoms with Gasteiger partial charge < -0.3 is 10.1 Å². The number of carbonyl (C=O) groups excluding carboxylic acids is 2. The number of carbonyl (C=O) groups is 2. The summed E-state index contributed by atoms with van der Waals surface area (Å²) in [7, 11) is 1.29. The van der Waals surface area contributed by atoms with Gasteiger partial charge in [0.05, 0.1) is 18.4 Å². The molecule has 0 aliphatic carbocycles. The standard InChI is InChI=1S/C17H15N5O3/c1-11-3-4-12(17(24)25-2)14(9-11)19-16(23)13-5-6-15(21-20-13)22-8-7-18-10-22/h3-10H,1-2H3,(H,19,23). The fourth-order valence-electron chi connectivity index (χ4n) is 2.21. The van der Waals surface area contributed by atoms with Crippen LogP contribution in [0.15, 0.2) is 49.1 Å². The van der Waals surface area contributed by atoms with Gasteiger partial charge in [-0.3, -0.25) is 9.36 Å². The van der Waals surface area contributed by atoms with Gasteiger partial charge in [0, 0.05) is 12.4 Å². The van der Waals surface area contributed by atoms with Crippen LogP contribution in [0.3, 0.4) is 0 Å². The van der Waals surface area contributed by atoms with Crippen molar-refractivity contribution in [1.29, 1.82) is 0 Å². The summed E-state index contributed by atoms with van der Waals surface area (Å²) in [6, 6.07) is 8.26. The van der Waals surface area contributed by atoms with E-state index < -0.39 is 11.9 Å². The molecule has 8 heteroatoms. The van der Waals surface area contributed by atoms with Gasteiger partial charge in [0.1, 0.15) is 6.33 Å². The van der Waals surface area contributed by atoms with Crippen molar-refractivity contribution in [2.45, 2.75) is 6.92 Å². The molecular formula is C17H15N5O3. The van der Waals surface area contributed by atoms with Gasteiger partial charge in [-0.25, -0.2) is 9.78 Å². The molecule has 1 aromatic carbocycles. The molecule has 0 spiro atoms. The quantitative estimate of drug-likeness (QED) is 0.731. The smallest absolute Gasteiger partial charge is 0.339 e. The van der Waals surface area contributed by atoms with E-state index in [2.05, 4.69) is 20.5 Å². The zero-order chi connectivity index (χ0) is 17.8. The van der Waals surface area contributed by atoms with Crippen LogP contribution in [0.25, 0.3) is 5.82 Å². The second-order valence-electron chi connectivity index (χ2n) is 5.24. The summed E-state index contributed by atoms with van der Waals surface area (Å²) in [5.41, 5.74) is 1.65. The minimum absolute atomic E-state index is 0.126. The highest BCUT2D eigenvalue weighted by Gasteiger charge is 2.16. The van der Waals surface area contributed by atoms with Crippen molar-refractivity contribution in [2.75, 3.05) is 12.4 Å². The average Bonchev–Trinajstić information content (AvgIpc) is 3.16. The topological polar surface area (TPSA) is 99.0 Å². The van der Waals surface area contributed by atoms with Crippen molar-refractivity contribution < 1.29 is 14.3 Å². The summed E-state index contributed by atoms with van der Waals surface area (Å²) < 4.78 is 6.41. The molecule has 1 N–H and O–H groups in total. The van der Waals surface area contributed by atoms with E-state index in [4.69, 9.17) is 4.74 Å². The van der Waals surface area contributed by atoms with E-state index in [9.17, 15) is 9.59 Å². The molecule has 0 unspecified atom stereocenters. The number of nitrogens with one attached hydrogen (secondary N) is 1. The van der Waals surface area contributed by atoms with Crippen molar-refractivity contribution in [3.05, 3.63) is 65.9 Å². The number of aryl methyl sites for hydroxylation is 1. The molecule has 2 heterocycles. The van der Waals surface area contributed by atoms with Crippen LogP contribution in [0.5, 0.6) is 0 Å². The maximum atomic E-state index is 12.4. The molecule has 0 fully saturated rings. The molecule has 1 amide bonds. The van der Waals surface area contributed by atoms with Crippen molar-refractivity contribution in [2.24, 2.45) is 0 Å². The van der Waals surface area contributed by atoms with E-state index in [1.165, 1.54) is 7.11 Å². The molecule has 0 aliphatic rings. The number of ether oxygens (including phenoxy) is 1.